The van der Waals surface area contributed by atoms with Crippen LogP contribution in [0.1, 0.15) is 11.9 Å². The van der Waals surface area contributed by atoms with Crippen molar-refractivity contribution >= 4 is 16.7 Å². The van der Waals surface area contributed by atoms with Gasteiger partial charge < -0.3 is 14.6 Å². The lowest BCUT2D eigenvalue weighted by Gasteiger charge is -2.38. The van der Waals surface area contributed by atoms with Gasteiger partial charge in [-0.05, 0) is 31.2 Å². The number of nitrogens with one attached hydrogen (secondary N) is 1. The average molecular weight is 335 g/mol. The summed E-state index contributed by atoms with van der Waals surface area (Å²) in [5.74, 6) is 1.87. The number of benzene rings is 2. The first-order valence-electron chi connectivity index (χ1n) is 8.66. The van der Waals surface area contributed by atoms with Crippen LogP contribution in [0.4, 0.5) is 5.69 Å². The first-order chi connectivity index (χ1) is 12.3. The standard InChI is InChI=1S/C20H23N4O/c1-15(20-21-16-7-3-4-8-17(16)22-20)23-11-13-24(14-12-23)18-9-5-6-10-19(18)25-2/h3-10,15H,1,11-14H2,2H3,(H,21,22). The zero-order chi connectivity index (χ0) is 17.2. The number of imidazole rings is 1. The SMILES string of the molecule is [CH2]C(c1nc2ccccc2[nH]1)N1CCN(c2ccccc2OC)CC1. The van der Waals surface area contributed by atoms with Crippen molar-refractivity contribution in [2.45, 2.75) is 6.04 Å². The smallest absolute Gasteiger partial charge is 0.142 e. The van der Waals surface area contributed by atoms with E-state index in [2.05, 4.69) is 39.9 Å². The normalized spacial score (nSPS) is 17.0. The summed E-state index contributed by atoms with van der Waals surface area (Å²) in [4.78, 5) is 12.9. The topological polar surface area (TPSA) is 44.4 Å². The highest BCUT2D eigenvalue weighted by Crippen LogP contribution is 2.29. The van der Waals surface area contributed by atoms with Crippen LogP contribution >= 0.6 is 0 Å². The van der Waals surface area contributed by atoms with E-state index in [9.17, 15) is 0 Å². The number of ether oxygens (including phenoxy) is 1. The molecule has 0 spiro atoms. The second-order valence-electron chi connectivity index (χ2n) is 6.35. The van der Waals surface area contributed by atoms with Gasteiger partial charge in [-0.3, -0.25) is 4.90 Å². The van der Waals surface area contributed by atoms with Gasteiger partial charge in [0.05, 0.1) is 29.9 Å². The molecule has 1 atom stereocenters. The van der Waals surface area contributed by atoms with E-state index < -0.39 is 0 Å². The molecule has 129 valence electrons. The summed E-state index contributed by atoms with van der Waals surface area (Å²) in [6.07, 6.45) is 0. The number of piperazine rings is 1. The van der Waals surface area contributed by atoms with Crippen molar-refractivity contribution in [3.05, 3.63) is 61.3 Å². The highest BCUT2D eigenvalue weighted by atomic mass is 16.5. The van der Waals surface area contributed by atoms with Crippen molar-refractivity contribution in [3.63, 3.8) is 0 Å². The molecule has 0 bridgehead atoms. The quantitative estimate of drug-likeness (QED) is 0.795. The van der Waals surface area contributed by atoms with Crippen LogP contribution in [0.2, 0.25) is 0 Å². The zero-order valence-corrected chi connectivity index (χ0v) is 14.5. The molecule has 1 aliphatic rings. The van der Waals surface area contributed by atoms with E-state index in [1.165, 1.54) is 0 Å². The minimum atomic E-state index is 0.0345. The van der Waals surface area contributed by atoms with Gasteiger partial charge in [-0.2, -0.15) is 0 Å². The molecule has 25 heavy (non-hydrogen) atoms. The van der Waals surface area contributed by atoms with Crippen molar-refractivity contribution < 1.29 is 4.74 Å². The molecular formula is C20H23N4O. The Morgan fingerprint density at radius 1 is 1.04 bits per heavy atom. The molecular weight excluding hydrogens is 312 g/mol. The lowest BCUT2D eigenvalue weighted by Crippen LogP contribution is -2.47. The fourth-order valence-corrected chi connectivity index (χ4v) is 3.47. The number of anilines is 1. The number of hydrogen-bond donors (Lipinski definition) is 1. The number of aromatic nitrogens is 2. The summed E-state index contributed by atoms with van der Waals surface area (Å²) in [5, 5.41) is 0. The molecule has 1 aromatic heterocycles. The van der Waals surface area contributed by atoms with E-state index in [-0.39, 0.29) is 6.04 Å². The lowest BCUT2D eigenvalue weighted by molar-refractivity contribution is 0.210. The number of H-pyrrole nitrogens is 1. The Labute approximate surface area is 148 Å². The molecule has 1 radical (unpaired) electrons. The van der Waals surface area contributed by atoms with Crippen molar-refractivity contribution in [1.82, 2.24) is 14.9 Å². The van der Waals surface area contributed by atoms with Gasteiger partial charge in [-0.15, -0.1) is 0 Å². The van der Waals surface area contributed by atoms with Crippen LogP contribution in [0.3, 0.4) is 0 Å². The Bertz CT molecular complexity index is 819. The van der Waals surface area contributed by atoms with Crippen LogP contribution in [0.15, 0.2) is 48.5 Å². The highest BCUT2D eigenvalue weighted by Gasteiger charge is 2.25. The fraction of sp³-hybridized carbons (Fsp3) is 0.300. The molecule has 2 heterocycles. The van der Waals surface area contributed by atoms with Gasteiger partial charge in [0.25, 0.3) is 0 Å². The van der Waals surface area contributed by atoms with Crippen LogP contribution < -0.4 is 9.64 Å². The molecule has 0 aliphatic carbocycles. The Morgan fingerprint density at radius 2 is 1.76 bits per heavy atom. The maximum Gasteiger partial charge on any atom is 0.142 e. The molecule has 1 saturated heterocycles. The predicted molar refractivity (Wildman–Crippen MR) is 101 cm³/mol. The van der Waals surface area contributed by atoms with Crippen LogP contribution in [0.25, 0.3) is 11.0 Å². The molecule has 1 unspecified atom stereocenters. The third-order valence-corrected chi connectivity index (χ3v) is 4.90. The third-order valence-electron chi connectivity index (χ3n) is 4.90. The predicted octanol–water partition coefficient (Wildman–Crippen LogP) is 3.27. The average Bonchev–Trinajstić information content (AvgIpc) is 3.12. The largest absolute Gasteiger partial charge is 0.495 e. The van der Waals surface area contributed by atoms with Crippen molar-refractivity contribution in [1.29, 1.82) is 0 Å². The molecule has 1 fully saturated rings. The number of fused-ring (bicyclic) bond motifs is 1. The summed E-state index contributed by atoms with van der Waals surface area (Å²) in [7, 11) is 1.72. The van der Waals surface area contributed by atoms with Gasteiger partial charge in [0.2, 0.25) is 0 Å². The number of methoxy groups -OCH3 is 1. The Hall–Kier alpha value is -2.53. The summed E-state index contributed by atoms with van der Waals surface area (Å²) in [6.45, 7) is 8.15. The minimum Gasteiger partial charge on any atom is -0.495 e. The Balaban J connectivity index is 1.46. The van der Waals surface area contributed by atoms with E-state index in [0.717, 1.165) is 54.5 Å². The number of rotatable bonds is 4. The third kappa shape index (κ3) is 3.07. The second kappa shape index (κ2) is 6.76. The van der Waals surface area contributed by atoms with Crippen LogP contribution in [-0.4, -0.2) is 48.2 Å². The Kier molecular flexibility index (Phi) is 4.32. The molecule has 2 aromatic carbocycles. The molecule has 3 aromatic rings. The van der Waals surface area contributed by atoms with Crippen molar-refractivity contribution in [2.75, 3.05) is 38.2 Å². The van der Waals surface area contributed by atoms with Gasteiger partial charge in [-0.25, -0.2) is 4.98 Å². The van der Waals surface area contributed by atoms with Crippen LogP contribution in [0, 0.1) is 6.92 Å². The van der Waals surface area contributed by atoms with Crippen LogP contribution in [-0.2, 0) is 0 Å². The lowest BCUT2D eigenvalue weighted by atomic mass is 10.2. The Morgan fingerprint density at radius 3 is 2.52 bits per heavy atom. The summed E-state index contributed by atoms with van der Waals surface area (Å²) in [5.41, 5.74) is 3.23. The second-order valence-corrected chi connectivity index (χ2v) is 6.35. The van der Waals surface area contributed by atoms with E-state index in [1.807, 2.05) is 30.3 Å². The molecule has 0 saturated carbocycles. The number of para-hydroxylation sites is 4. The zero-order valence-electron chi connectivity index (χ0n) is 14.5. The maximum absolute atomic E-state index is 5.49. The monoisotopic (exact) mass is 335 g/mol. The first kappa shape index (κ1) is 16.0. The van der Waals surface area contributed by atoms with E-state index in [1.54, 1.807) is 7.11 Å². The van der Waals surface area contributed by atoms with Gasteiger partial charge in [0.1, 0.15) is 11.6 Å². The molecule has 1 aliphatic heterocycles. The molecule has 5 nitrogen and oxygen atoms in total. The molecule has 1 N–H and O–H groups in total. The number of hydrogen-bond acceptors (Lipinski definition) is 4. The summed E-state index contributed by atoms with van der Waals surface area (Å²) in [6, 6.07) is 16.3. The van der Waals surface area contributed by atoms with Crippen molar-refractivity contribution in [2.24, 2.45) is 0 Å². The van der Waals surface area contributed by atoms with Gasteiger partial charge in [0.15, 0.2) is 0 Å². The minimum absolute atomic E-state index is 0.0345. The van der Waals surface area contributed by atoms with E-state index >= 15 is 0 Å². The molecule has 0 amide bonds. The van der Waals surface area contributed by atoms with Gasteiger partial charge in [0, 0.05) is 26.2 Å². The first-order valence-corrected chi connectivity index (χ1v) is 8.66. The van der Waals surface area contributed by atoms with Crippen LogP contribution in [0.5, 0.6) is 5.75 Å². The van der Waals surface area contributed by atoms with Gasteiger partial charge >= 0.3 is 0 Å². The van der Waals surface area contributed by atoms with E-state index in [0.29, 0.717) is 0 Å². The highest BCUT2D eigenvalue weighted by molar-refractivity contribution is 5.74. The van der Waals surface area contributed by atoms with Crippen molar-refractivity contribution in [3.8, 4) is 5.75 Å². The van der Waals surface area contributed by atoms with E-state index in [4.69, 9.17) is 9.72 Å². The maximum atomic E-state index is 5.49. The summed E-state index contributed by atoms with van der Waals surface area (Å²) >= 11 is 0. The number of aromatic amines is 1. The molecule has 4 rings (SSSR count). The molecule has 5 heteroatoms. The fourth-order valence-electron chi connectivity index (χ4n) is 3.47. The number of nitrogens with zero attached hydrogens (tertiary/aromatic N) is 3. The summed E-state index contributed by atoms with van der Waals surface area (Å²) < 4.78 is 5.49. The van der Waals surface area contributed by atoms with Gasteiger partial charge in [-0.1, -0.05) is 24.3 Å².